The maximum absolute atomic E-state index is 14.5. The summed E-state index contributed by atoms with van der Waals surface area (Å²) in [5, 5.41) is 3.10. The Balaban J connectivity index is 1.40. The third-order valence-corrected chi connectivity index (χ3v) is 6.20. The number of aromatic nitrogens is 1. The van der Waals surface area contributed by atoms with Crippen molar-refractivity contribution in [2.75, 3.05) is 18.9 Å². The summed E-state index contributed by atoms with van der Waals surface area (Å²) in [5.74, 6) is -0.867. The lowest BCUT2D eigenvalue weighted by Gasteiger charge is -2.27. The molecule has 1 unspecified atom stereocenters. The molecule has 1 fully saturated rings. The summed E-state index contributed by atoms with van der Waals surface area (Å²) in [6.07, 6.45) is 4.38. The molecular formula is C25H24ClFN4O2. The number of anilines is 1. The first-order valence-electron chi connectivity index (χ1n) is 10.6. The highest BCUT2D eigenvalue weighted by atomic mass is 35.5. The van der Waals surface area contributed by atoms with Gasteiger partial charge in [-0.15, -0.1) is 0 Å². The Kier molecular flexibility index (Phi) is 6.44. The number of rotatable bonds is 7. The lowest BCUT2D eigenvalue weighted by atomic mass is 9.93. The van der Waals surface area contributed by atoms with Crippen LogP contribution in [0.4, 0.5) is 10.1 Å². The number of carbonyl (C=O) groups is 2. The Morgan fingerprint density at radius 3 is 2.42 bits per heavy atom. The van der Waals surface area contributed by atoms with E-state index in [1.54, 1.807) is 72.9 Å². The quantitative estimate of drug-likeness (QED) is 0.543. The van der Waals surface area contributed by atoms with Crippen LogP contribution in [0.25, 0.3) is 0 Å². The zero-order valence-corrected chi connectivity index (χ0v) is 18.8. The van der Waals surface area contributed by atoms with Crippen molar-refractivity contribution in [3.05, 3.63) is 94.5 Å². The smallest absolute Gasteiger partial charge is 0.255 e. The zero-order valence-electron chi connectivity index (χ0n) is 18.1. The third-order valence-electron chi connectivity index (χ3n) is 5.96. The van der Waals surface area contributed by atoms with E-state index in [-0.39, 0.29) is 18.4 Å². The molecule has 3 aromatic rings. The van der Waals surface area contributed by atoms with Gasteiger partial charge in [0.05, 0.1) is 5.41 Å². The fourth-order valence-corrected chi connectivity index (χ4v) is 4.13. The van der Waals surface area contributed by atoms with E-state index in [1.807, 2.05) is 0 Å². The maximum Gasteiger partial charge on any atom is 0.255 e. The molecule has 0 bridgehead atoms. The Hall–Kier alpha value is -3.29. The number of nitrogens with two attached hydrogens (primary N) is 1. The number of hydrogen-bond acceptors (Lipinski definition) is 4. The van der Waals surface area contributed by atoms with Crippen LogP contribution in [0.1, 0.15) is 40.4 Å². The summed E-state index contributed by atoms with van der Waals surface area (Å²) in [6.45, 7) is 0.262. The molecule has 1 atom stereocenters. The second-order valence-corrected chi connectivity index (χ2v) is 8.75. The van der Waals surface area contributed by atoms with Gasteiger partial charge in [0, 0.05) is 53.9 Å². The average Bonchev–Trinajstić information content (AvgIpc) is 3.61. The molecule has 2 aromatic carbocycles. The van der Waals surface area contributed by atoms with Gasteiger partial charge in [0.2, 0.25) is 5.91 Å². The number of amides is 2. The van der Waals surface area contributed by atoms with Crippen molar-refractivity contribution in [3.8, 4) is 0 Å². The van der Waals surface area contributed by atoms with Crippen LogP contribution < -0.4 is 11.1 Å². The number of likely N-dealkylation sites (N-methyl/N-ethyl adjacent to an activating group) is 1. The molecule has 1 aliphatic rings. The van der Waals surface area contributed by atoms with Crippen LogP contribution >= 0.6 is 11.6 Å². The maximum atomic E-state index is 14.5. The summed E-state index contributed by atoms with van der Waals surface area (Å²) in [5.41, 5.74) is 7.80. The highest BCUT2D eigenvalue weighted by Crippen LogP contribution is 2.50. The fourth-order valence-electron chi connectivity index (χ4n) is 3.97. The molecule has 1 aliphatic carbocycles. The predicted octanol–water partition coefficient (Wildman–Crippen LogP) is 4.32. The van der Waals surface area contributed by atoms with Gasteiger partial charge in [0.1, 0.15) is 5.82 Å². The summed E-state index contributed by atoms with van der Waals surface area (Å²) in [4.78, 5) is 31.0. The van der Waals surface area contributed by atoms with E-state index in [4.69, 9.17) is 17.3 Å². The minimum atomic E-state index is -0.849. The highest BCUT2D eigenvalue weighted by molar-refractivity contribution is 6.30. The topological polar surface area (TPSA) is 88.3 Å². The number of benzene rings is 2. The number of pyridine rings is 1. The van der Waals surface area contributed by atoms with Gasteiger partial charge in [0.25, 0.3) is 5.91 Å². The number of nitrogens with one attached hydrogen (secondary N) is 1. The third kappa shape index (κ3) is 4.89. The van der Waals surface area contributed by atoms with E-state index < -0.39 is 17.3 Å². The van der Waals surface area contributed by atoms with Crippen LogP contribution in [-0.4, -0.2) is 35.3 Å². The zero-order chi connectivity index (χ0) is 23.6. The van der Waals surface area contributed by atoms with Crippen molar-refractivity contribution >= 4 is 29.1 Å². The average molecular weight is 467 g/mol. The molecule has 8 heteroatoms. The summed E-state index contributed by atoms with van der Waals surface area (Å²) >= 11 is 5.86. The van der Waals surface area contributed by atoms with Crippen molar-refractivity contribution in [1.82, 2.24) is 9.88 Å². The van der Waals surface area contributed by atoms with Gasteiger partial charge in [-0.2, -0.15) is 0 Å². The van der Waals surface area contributed by atoms with Crippen LogP contribution in [-0.2, 0) is 10.2 Å². The molecule has 0 aliphatic heterocycles. The van der Waals surface area contributed by atoms with E-state index in [0.29, 0.717) is 34.7 Å². The normalized spacial score (nSPS) is 14.9. The number of carbonyl (C=O) groups excluding carboxylic acids is 2. The Morgan fingerprint density at radius 2 is 1.82 bits per heavy atom. The van der Waals surface area contributed by atoms with Crippen molar-refractivity contribution < 1.29 is 14.0 Å². The van der Waals surface area contributed by atoms with Crippen molar-refractivity contribution in [2.45, 2.75) is 24.3 Å². The molecule has 0 radical (unpaired) electrons. The molecule has 1 heterocycles. The molecule has 4 rings (SSSR count). The van der Waals surface area contributed by atoms with Crippen LogP contribution in [0.5, 0.6) is 0 Å². The van der Waals surface area contributed by atoms with Crippen molar-refractivity contribution in [2.24, 2.45) is 5.73 Å². The molecule has 1 aromatic heterocycles. The van der Waals surface area contributed by atoms with Gasteiger partial charge >= 0.3 is 0 Å². The lowest BCUT2D eigenvalue weighted by molar-refractivity contribution is -0.133. The van der Waals surface area contributed by atoms with E-state index in [1.165, 1.54) is 6.07 Å². The molecule has 1 saturated carbocycles. The first-order chi connectivity index (χ1) is 15.8. The monoisotopic (exact) mass is 466 g/mol. The van der Waals surface area contributed by atoms with Gasteiger partial charge in [-0.3, -0.25) is 14.6 Å². The second kappa shape index (κ2) is 9.29. The molecule has 0 saturated heterocycles. The van der Waals surface area contributed by atoms with Crippen LogP contribution in [0.3, 0.4) is 0 Å². The molecule has 33 heavy (non-hydrogen) atoms. The van der Waals surface area contributed by atoms with Crippen molar-refractivity contribution in [3.63, 3.8) is 0 Å². The highest BCUT2D eigenvalue weighted by Gasteiger charge is 2.54. The van der Waals surface area contributed by atoms with Gasteiger partial charge in [0.15, 0.2) is 0 Å². The van der Waals surface area contributed by atoms with Gasteiger partial charge in [-0.05, 0) is 54.8 Å². The largest absolute Gasteiger partial charge is 0.343 e. The predicted molar refractivity (Wildman–Crippen MR) is 126 cm³/mol. The van der Waals surface area contributed by atoms with E-state index in [9.17, 15) is 14.0 Å². The Morgan fingerprint density at radius 1 is 1.15 bits per heavy atom. The van der Waals surface area contributed by atoms with Gasteiger partial charge < -0.3 is 16.0 Å². The Labute approximate surface area is 196 Å². The molecule has 3 N–H and O–H groups in total. The summed E-state index contributed by atoms with van der Waals surface area (Å²) < 4.78 is 14.5. The molecule has 6 nitrogen and oxygen atoms in total. The summed E-state index contributed by atoms with van der Waals surface area (Å²) in [7, 11) is 1.67. The lowest BCUT2D eigenvalue weighted by Crippen LogP contribution is -2.40. The summed E-state index contributed by atoms with van der Waals surface area (Å²) in [6, 6.07) is 14.3. The minimum absolute atomic E-state index is 0.160. The molecular weight excluding hydrogens is 443 g/mol. The SMILES string of the molecule is CN(CC(N)c1ccc(C(=O)Nc2ccncc2)cc1)C(=O)C1(c2ccc(Cl)cc2F)CC1. The van der Waals surface area contributed by atoms with E-state index in [2.05, 4.69) is 10.3 Å². The van der Waals surface area contributed by atoms with Crippen LogP contribution in [0.2, 0.25) is 5.02 Å². The van der Waals surface area contributed by atoms with Gasteiger partial charge in [-0.1, -0.05) is 29.8 Å². The van der Waals surface area contributed by atoms with Gasteiger partial charge in [-0.25, -0.2) is 4.39 Å². The number of hydrogen-bond donors (Lipinski definition) is 2. The van der Waals surface area contributed by atoms with Crippen LogP contribution in [0, 0.1) is 5.82 Å². The first kappa shape index (κ1) is 22.9. The number of nitrogens with zero attached hydrogens (tertiary/aromatic N) is 2. The molecule has 2 amide bonds. The molecule has 170 valence electrons. The van der Waals surface area contributed by atoms with E-state index in [0.717, 1.165) is 5.56 Å². The fraction of sp³-hybridized carbons (Fsp3) is 0.240. The number of halogens is 2. The first-order valence-corrected chi connectivity index (χ1v) is 11.0. The molecule has 0 spiro atoms. The van der Waals surface area contributed by atoms with Crippen molar-refractivity contribution in [1.29, 1.82) is 0 Å². The van der Waals surface area contributed by atoms with Crippen LogP contribution in [0.15, 0.2) is 67.0 Å². The second-order valence-electron chi connectivity index (χ2n) is 8.31. The minimum Gasteiger partial charge on any atom is -0.343 e. The van der Waals surface area contributed by atoms with E-state index >= 15 is 0 Å². The standard InChI is InChI=1S/C25H24ClFN4O2/c1-31(24(33)25(10-11-25)20-7-6-18(26)14-21(20)27)15-22(28)16-2-4-17(5-3-16)23(32)30-19-8-12-29-13-9-19/h2-9,12-14,22H,10-11,15,28H2,1H3,(H,29,30,32). The Bertz CT molecular complexity index is 1170.